The second-order valence-electron chi connectivity index (χ2n) is 16.8. The highest BCUT2D eigenvalue weighted by molar-refractivity contribution is 6.07. The summed E-state index contributed by atoms with van der Waals surface area (Å²) in [5.41, 5.74) is 1.14. The molecule has 0 spiro atoms. The third kappa shape index (κ3) is 10.7. The Bertz CT molecular complexity index is 1580. The van der Waals surface area contributed by atoms with Crippen LogP contribution < -0.4 is 10.6 Å². The summed E-state index contributed by atoms with van der Waals surface area (Å²) in [5, 5.41) is 5.33. The first-order valence-electron chi connectivity index (χ1n) is 20.2. The van der Waals surface area contributed by atoms with Gasteiger partial charge < -0.3 is 24.8 Å². The molecule has 2 aliphatic heterocycles. The molecule has 56 heavy (non-hydrogen) atoms. The number of nitrogens with zero attached hydrogens (tertiary/aromatic N) is 4. The van der Waals surface area contributed by atoms with Crippen LogP contribution >= 0.6 is 0 Å². The number of hydrogen-bond acceptors (Lipinski definition) is 9. The predicted octanol–water partition coefficient (Wildman–Crippen LogP) is 3.27. The van der Waals surface area contributed by atoms with E-state index in [1.165, 1.54) is 14.7 Å². The molecule has 3 rings (SSSR count). The minimum absolute atomic E-state index is 0.00165. The number of hydrogen-bond donors (Lipinski definition) is 2. The maximum Gasteiger partial charge on any atom is 0.329 e. The number of imide groups is 1. The van der Waals surface area contributed by atoms with Crippen LogP contribution in [0.1, 0.15) is 104 Å². The Kier molecular flexibility index (Phi) is 16.6. The van der Waals surface area contributed by atoms with E-state index in [0.717, 1.165) is 5.56 Å². The van der Waals surface area contributed by atoms with Gasteiger partial charge >= 0.3 is 5.97 Å². The van der Waals surface area contributed by atoms with Crippen LogP contribution in [0.5, 0.6) is 0 Å². The van der Waals surface area contributed by atoms with Gasteiger partial charge in [-0.1, -0.05) is 80.5 Å². The van der Waals surface area contributed by atoms with Gasteiger partial charge in [-0.05, 0) is 81.5 Å². The highest BCUT2D eigenvalue weighted by Crippen LogP contribution is 2.29. The molecule has 2 aliphatic rings. The van der Waals surface area contributed by atoms with Crippen LogP contribution in [-0.2, 0) is 39.9 Å². The van der Waals surface area contributed by atoms with Crippen LogP contribution in [0.15, 0.2) is 24.3 Å². The van der Waals surface area contributed by atoms with Crippen molar-refractivity contribution in [2.75, 3.05) is 34.2 Å². The fourth-order valence-electron chi connectivity index (χ4n) is 8.06. The Hall–Kier alpha value is -4.33. The number of carbonyl (C=O) groups excluding carboxylic acids is 7. The van der Waals surface area contributed by atoms with Gasteiger partial charge in [-0.3, -0.25) is 39.0 Å². The van der Waals surface area contributed by atoms with Crippen molar-refractivity contribution in [3.05, 3.63) is 35.4 Å². The topological polar surface area (TPSA) is 166 Å². The van der Waals surface area contributed by atoms with E-state index in [4.69, 9.17) is 4.74 Å². The summed E-state index contributed by atoms with van der Waals surface area (Å²) in [7, 11) is 5.20. The van der Waals surface area contributed by atoms with Gasteiger partial charge in [0.1, 0.15) is 24.2 Å². The van der Waals surface area contributed by atoms with Gasteiger partial charge in [0.05, 0.1) is 6.04 Å². The molecular weight excluding hydrogens is 716 g/mol. The summed E-state index contributed by atoms with van der Waals surface area (Å²) in [6.45, 7) is 17.1. The van der Waals surface area contributed by atoms with Crippen LogP contribution in [0.3, 0.4) is 0 Å². The summed E-state index contributed by atoms with van der Waals surface area (Å²) in [6.07, 6.45) is 1.11. The number of ether oxygens (including phenoxy) is 1. The fraction of sp³-hybridized carbons (Fsp3) is 0.690. The smallest absolute Gasteiger partial charge is 0.329 e. The lowest BCUT2D eigenvalue weighted by atomic mass is 9.96. The van der Waals surface area contributed by atoms with E-state index in [2.05, 4.69) is 10.6 Å². The molecule has 1 aromatic rings. The van der Waals surface area contributed by atoms with Gasteiger partial charge in [-0.25, -0.2) is 4.79 Å². The Morgan fingerprint density at radius 3 is 1.86 bits per heavy atom. The molecule has 6 amide bonds. The van der Waals surface area contributed by atoms with Crippen LogP contribution in [0, 0.1) is 23.7 Å². The minimum Gasteiger partial charge on any atom is -0.450 e. The van der Waals surface area contributed by atoms with Crippen molar-refractivity contribution in [1.29, 1.82) is 0 Å². The Morgan fingerprint density at radius 1 is 0.750 bits per heavy atom. The second kappa shape index (κ2) is 20.2. The van der Waals surface area contributed by atoms with E-state index in [1.54, 1.807) is 33.0 Å². The largest absolute Gasteiger partial charge is 0.450 e. The van der Waals surface area contributed by atoms with Crippen molar-refractivity contribution in [1.82, 2.24) is 30.2 Å². The zero-order chi connectivity index (χ0) is 42.2. The summed E-state index contributed by atoms with van der Waals surface area (Å²) in [6, 6.07) is 2.90. The Balaban J connectivity index is 1.77. The fourth-order valence-corrected chi connectivity index (χ4v) is 8.06. The van der Waals surface area contributed by atoms with E-state index in [0.29, 0.717) is 44.2 Å². The molecule has 2 heterocycles. The summed E-state index contributed by atoms with van der Waals surface area (Å²) >= 11 is 0. The maximum atomic E-state index is 14.4. The number of rotatable bonds is 16. The van der Waals surface area contributed by atoms with Crippen LogP contribution in [0.4, 0.5) is 0 Å². The lowest BCUT2D eigenvalue weighted by Gasteiger charge is -2.38. The molecule has 2 fully saturated rings. The number of nitrogens with one attached hydrogen (secondary N) is 2. The SMILES string of the molecule is CCc1ccccc1C(=O)NC(=O)[C@@H](OC(=O)[C@@H]1CCCN1C(=O)[C@@H]1CCCN1C(=O)[C@H](C(C)C)N(C)C(=O)[C@@H](NC(=O)[C@H](C(C)C)N(C)C)C(C)C)C(C)C. The number of amides is 6. The number of likely N-dealkylation sites (tertiary alicyclic amines) is 2. The zero-order valence-corrected chi connectivity index (χ0v) is 35.6. The molecule has 14 heteroatoms. The minimum atomic E-state index is -1.28. The van der Waals surface area contributed by atoms with Crippen molar-refractivity contribution >= 4 is 41.4 Å². The molecule has 1 aromatic carbocycles. The van der Waals surface area contributed by atoms with Crippen molar-refractivity contribution in [3.63, 3.8) is 0 Å². The number of aryl methyl sites for hydroxylation is 1. The first-order chi connectivity index (χ1) is 26.2. The van der Waals surface area contributed by atoms with Gasteiger partial charge in [-0.15, -0.1) is 0 Å². The van der Waals surface area contributed by atoms with Gasteiger partial charge in [0.2, 0.25) is 23.6 Å². The standard InChI is InChI=1S/C42H66N6O8/c1-13-28-18-14-15-19-29(28)36(49)44-38(51)35(27(8)9)56-42(55)31-21-17-23-48(31)39(52)30-20-16-22-47(30)41(54)34(26(6)7)46(12)40(53)32(24(2)3)43-37(50)33(25(4)5)45(10)11/h14-15,18-19,24-27,30-35H,13,16-17,20-23H2,1-12H3,(H,43,50)(H,44,49,51)/t30-,31-,32-,33-,34-,35-/m0/s1. The van der Waals surface area contributed by atoms with Gasteiger partial charge in [0, 0.05) is 25.7 Å². The molecule has 0 unspecified atom stereocenters. The highest BCUT2D eigenvalue weighted by atomic mass is 16.6. The summed E-state index contributed by atoms with van der Waals surface area (Å²) in [4.78, 5) is 102. The molecule has 0 aromatic heterocycles. The van der Waals surface area contributed by atoms with E-state index in [1.807, 2.05) is 79.6 Å². The molecular formula is C42H66N6O8. The molecule has 0 radical (unpaired) electrons. The van der Waals surface area contributed by atoms with Gasteiger partial charge in [0.25, 0.3) is 11.8 Å². The van der Waals surface area contributed by atoms with Crippen LogP contribution in [0.2, 0.25) is 0 Å². The predicted molar refractivity (Wildman–Crippen MR) is 213 cm³/mol. The van der Waals surface area contributed by atoms with Crippen LogP contribution in [-0.4, -0.2) is 132 Å². The van der Waals surface area contributed by atoms with Gasteiger partial charge in [-0.2, -0.15) is 0 Å². The van der Waals surface area contributed by atoms with Crippen molar-refractivity contribution in [3.8, 4) is 0 Å². The normalized spacial score (nSPS) is 19.3. The average molecular weight is 783 g/mol. The average Bonchev–Trinajstić information content (AvgIpc) is 3.82. The van der Waals surface area contributed by atoms with E-state index in [9.17, 15) is 33.6 Å². The monoisotopic (exact) mass is 782 g/mol. The molecule has 2 saturated heterocycles. The third-order valence-electron chi connectivity index (χ3n) is 11.0. The van der Waals surface area contributed by atoms with E-state index in [-0.39, 0.29) is 42.0 Å². The molecule has 312 valence electrons. The molecule has 14 nitrogen and oxygen atoms in total. The molecule has 0 bridgehead atoms. The summed E-state index contributed by atoms with van der Waals surface area (Å²) in [5.74, 6) is -4.57. The Morgan fingerprint density at radius 2 is 1.32 bits per heavy atom. The lowest BCUT2D eigenvalue weighted by Crippen LogP contribution is -2.61. The molecule has 2 N–H and O–H groups in total. The molecule has 0 saturated carbocycles. The first kappa shape index (κ1) is 46.1. The van der Waals surface area contributed by atoms with E-state index < -0.39 is 65.9 Å². The van der Waals surface area contributed by atoms with Gasteiger partial charge in [0.15, 0.2) is 6.10 Å². The number of esters is 1. The second-order valence-corrected chi connectivity index (χ2v) is 16.8. The third-order valence-corrected chi connectivity index (χ3v) is 11.0. The maximum absolute atomic E-state index is 14.4. The van der Waals surface area contributed by atoms with Crippen molar-refractivity contribution in [2.24, 2.45) is 23.7 Å². The summed E-state index contributed by atoms with van der Waals surface area (Å²) < 4.78 is 5.75. The lowest BCUT2D eigenvalue weighted by molar-refractivity contribution is -0.165. The zero-order valence-electron chi connectivity index (χ0n) is 35.6. The molecule has 0 aliphatic carbocycles. The quantitative estimate of drug-likeness (QED) is 0.240. The van der Waals surface area contributed by atoms with Crippen LogP contribution in [0.25, 0.3) is 0 Å². The first-order valence-corrected chi connectivity index (χ1v) is 20.2. The van der Waals surface area contributed by atoms with Crippen molar-refractivity contribution < 1.29 is 38.3 Å². The molecule has 6 atom stereocenters. The van der Waals surface area contributed by atoms with Crippen molar-refractivity contribution in [2.45, 2.75) is 131 Å². The Labute approximate surface area is 333 Å². The number of likely N-dealkylation sites (N-methyl/N-ethyl adjacent to an activating group) is 2. The number of carbonyl (C=O) groups is 7. The van der Waals surface area contributed by atoms with E-state index >= 15 is 0 Å². The highest BCUT2D eigenvalue weighted by Gasteiger charge is 2.46. The number of benzene rings is 1.